The molecule has 15 heavy (non-hydrogen) atoms. The van der Waals surface area contributed by atoms with Crippen molar-refractivity contribution in [3.05, 3.63) is 16.6 Å². The van der Waals surface area contributed by atoms with Crippen LogP contribution in [0.1, 0.15) is 5.69 Å². The van der Waals surface area contributed by atoms with Crippen molar-refractivity contribution in [1.29, 1.82) is 0 Å². The molecule has 1 heterocycles. The lowest BCUT2D eigenvalue weighted by Crippen LogP contribution is -2.39. The number of urea groups is 1. The van der Waals surface area contributed by atoms with Gasteiger partial charge in [0.1, 0.15) is 6.54 Å². The van der Waals surface area contributed by atoms with Crippen LogP contribution in [-0.4, -0.2) is 40.6 Å². The van der Waals surface area contributed by atoms with E-state index in [0.717, 1.165) is 10.6 Å². The Bertz CT molecular complexity index is 339. The van der Waals surface area contributed by atoms with E-state index in [1.807, 2.05) is 5.38 Å². The van der Waals surface area contributed by atoms with Gasteiger partial charge >= 0.3 is 12.0 Å². The van der Waals surface area contributed by atoms with Gasteiger partial charge in [-0.2, -0.15) is 0 Å². The van der Waals surface area contributed by atoms with E-state index in [1.165, 1.54) is 18.4 Å². The van der Waals surface area contributed by atoms with E-state index in [9.17, 15) is 9.59 Å². The summed E-state index contributed by atoms with van der Waals surface area (Å²) >= 11 is 1.44. The Kier molecular flexibility index (Phi) is 4.04. The van der Waals surface area contributed by atoms with E-state index in [-0.39, 0.29) is 6.54 Å². The fraction of sp³-hybridized carbons (Fsp3) is 0.375. The summed E-state index contributed by atoms with van der Waals surface area (Å²) in [6.45, 7) is -0.00477. The molecule has 1 rings (SSSR count). The molecular formula is C8H11N3O3S. The molecule has 0 fully saturated rings. The molecular weight excluding hydrogens is 218 g/mol. The summed E-state index contributed by atoms with van der Waals surface area (Å²) in [6, 6.07) is -0.426. The van der Waals surface area contributed by atoms with Crippen LogP contribution in [0, 0.1) is 0 Å². The molecule has 0 aliphatic carbocycles. The van der Waals surface area contributed by atoms with Crippen molar-refractivity contribution < 1.29 is 14.7 Å². The highest BCUT2D eigenvalue weighted by molar-refractivity contribution is 7.07. The van der Waals surface area contributed by atoms with Gasteiger partial charge in [0.25, 0.3) is 0 Å². The summed E-state index contributed by atoms with van der Waals surface area (Å²) in [6.07, 6.45) is 0. The molecule has 0 radical (unpaired) electrons. The number of carbonyl (C=O) groups is 2. The fourth-order valence-corrected chi connectivity index (χ4v) is 1.46. The van der Waals surface area contributed by atoms with Gasteiger partial charge in [-0.25, -0.2) is 9.78 Å². The van der Waals surface area contributed by atoms with E-state index >= 15 is 0 Å². The maximum atomic E-state index is 11.3. The molecule has 6 nitrogen and oxygen atoms in total. The molecule has 1 aromatic heterocycles. The van der Waals surface area contributed by atoms with Gasteiger partial charge in [-0.3, -0.25) is 4.79 Å². The smallest absolute Gasteiger partial charge is 0.323 e. The van der Waals surface area contributed by atoms with Crippen molar-refractivity contribution in [3.63, 3.8) is 0 Å². The molecule has 82 valence electrons. The third-order valence-electron chi connectivity index (χ3n) is 1.62. The van der Waals surface area contributed by atoms with Gasteiger partial charge < -0.3 is 15.3 Å². The lowest BCUT2D eigenvalue weighted by atomic mass is 10.5. The topological polar surface area (TPSA) is 82.5 Å². The highest BCUT2D eigenvalue weighted by Gasteiger charge is 2.11. The molecule has 0 saturated heterocycles. The molecule has 2 N–H and O–H groups in total. The molecule has 1 aromatic rings. The number of likely N-dealkylation sites (N-methyl/N-ethyl adjacent to an activating group) is 1. The van der Waals surface area contributed by atoms with Crippen molar-refractivity contribution in [2.75, 3.05) is 13.6 Å². The Balaban J connectivity index is 2.32. The third-order valence-corrected chi connectivity index (χ3v) is 2.26. The lowest BCUT2D eigenvalue weighted by Gasteiger charge is -2.14. The van der Waals surface area contributed by atoms with Crippen LogP contribution in [0.15, 0.2) is 10.9 Å². The maximum Gasteiger partial charge on any atom is 0.323 e. The van der Waals surface area contributed by atoms with Crippen LogP contribution in [0.25, 0.3) is 0 Å². The number of hydrogen-bond donors (Lipinski definition) is 2. The zero-order valence-corrected chi connectivity index (χ0v) is 8.95. The van der Waals surface area contributed by atoms with Crippen LogP contribution in [0.3, 0.4) is 0 Å². The fourth-order valence-electron chi connectivity index (χ4n) is 0.901. The van der Waals surface area contributed by atoms with Crippen LogP contribution in [0.2, 0.25) is 0 Å². The molecule has 0 aromatic carbocycles. The average molecular weight is 229 g/mol. The van der Waals surface area contributed by atoms with Crippen molar-refractivity contribution in [2.45, 2.75) is 6.54 Å². The first kappa shape index (κ1) is 11.4. The molecule has 7 heteroatoms. The minimum Gasteiger partial charge on any atom is -0.480 e. The number of nitrogens with one attached hydrogen (secondary N) is 1. The number of thiazole rings is 1. The second kappa shape index (κ2) is 5.30. The Labute approximate surface area is 90.5 Å². The van der Waals surface area contributed by atoms with Gasteiger partial charge in [-0.1, -0.05) is 0 Å². The number of aliphatic carboxylic acids is 1. The summed E-state index contributed by atoms with van der Waals surface area (Å²) in [4.78, 5) is 26.7. The highest BCUT2D eigenvalue weighted by atomic mass is 32.1. The number of amides is 2. The van der Waals surface area contributed by atoms with Gasteiger partial charge in [-0.15, -0.1) is 11.3 Å². The van der Waals surface area contributed by atoms with Gasteiger partial charge in [0.15, 0.2) is 0 Å². The van der Waals surface area contributed by atoms with Crippen LogP contribution >= 0.6 is 11.3 Å². The van der Waals surface area contributed by atoms with Gasteiger partial charge in [0.2, 0.25) is 0 Å². The van der Waals surface area contributed by atoms with Crippen LogP contribution in [-0.2, 0) is 11.3 Å². The number of nitrogens with zero attached hydrogens (tertiary/aromatic N) is 2. The highest BCUT2D eigenvalue weighted by Crippen LogP contribution is 1.99. The van der Waals surface area contributed by atoms with E-state index in [4.69, 9.17) is 5.11 Å². The minimum atomic E-state index is -1.04. The monoisotopic (exact) mass is 229 g/mol. The average Bonchev–Trinajstić information content (AvgIpc) is 2.65. The predicted octanol–water partition coefficient (Wildman–Crippen LogP) is 0.369. The number of rotatable bonds is 4. The zero-order chi connectivity index (χ0) is 11.3. The second-order valence-electron chi connectivity index (χ2n) is 2.89. The summed E-state index contributed by atoms with van der Waals surface area (Å²) < 4.78 is 0. The predicted molar refractivity (Wildman–Crippen MR) is 54.6 cm³/mol. The largest absolute Gasteiger partial charge is 0.480 e. The summed E-state index contributed by atoms with van der Waals surface area (Å²) in [5.41, 5.74) is 2.43. The van der Waals surface area contributed by atoms with Crippen molar-refractivity contribution in [3.8, 4) is 0 Å². The first-order valence-electron chi connectivity index (χ1n) is 4.17. The maximum absolute atomic E-state index is 11.3. The molecule has 0 unspecified atom stereocenters. The SMILES string of the molecule is CN(CC(=O)O)C(=O)NCc1cscn1. The molecule has 0 bridgehead atoms. The molecule has 0 aliphatic heterocycles. The quantitative estimate of drug-likeness (QED) is 0.781. The normalized spacial score (nSPS) is 9.67. The summed E-state index contributed by atoms with van der Waals surface area (Å²) in [7, 11) is 1.42. The molecule has 0 spiro atoms. The van der Waals surface area contributed by atoms with E-state index in [1.54, 1.807) is 5.51 Å². The third kappa shape index (κ3) is 3.94. The van der Waals surface area contributed by atoms with E-state index < -0.39 is 12.0 Å². The molecule has 2 amide bonds. The second-order valence-corrected chi connectivity index (χ2v) is 3.61. The number of hydrogen-bond acceptors (Lipinski definition) is 4. The van der Waals surface area contributed by atoms with Gasteiger partial charge in [0, 0.05) is 12.4 Å². The van der Waals surface area contributed by atoms with Crippen LogP contribution in [0.5, 0.6) is 0 Å². The van der Waals surface area contributed by atoms with Crippen LogP contribution < -0.4 is 5.32 Å². The Morgan fingerprint density at radius 3 is 2.93 bits per heavy atom. The van der Waals surface area contributed by atoms with Crippen molar-refractivity contribution >= 4 is 23.3 Å². The number of aromatic nitrogens is 1. The number of carboxylic acids is 1. The molecule has 0 saturated carbocycles. The Morgan fingerprint density at radius 1 is 1.67 bits per heavy atom. The van der Waals surface area contributed by atoms with Gasteiger partial charge in [-0.05, 0) is 0 Å². The first-order chi connectivity index (χ1) is 7.09. The number of carboxylic acid groups (broad SMARTS) is 1. The zero-order valence-electron chi connectivity index (χ0n) is 8.14. The number of carbonyl (C=O) groups excluding carboxylic acids is 1. The molecule has 0 aliphatic rings. The van der Waals surface area contributed by atoms with Crippen LogP contribution in [0.4, 0.5) is 4.79 Å². The van der Waals surface area contributed by atoms with E-state index in [0.29, 0.717) is 6.54 Å². The van der Waals surface area contributed by atoms with Crippen molar-refractivity contribution in [1.82, 2.24) is 15.2 Å². The lowest BCUT2D eigenvalue weighted by molar-refractivity contribution is -0.137. The van der Waals surface area contributed by atoms with Gasteiger partial charge in [0.05, 0.1) is 17.7 Å². The summed E-state index contributed by atoms with van der Waals surface area (Å²) in [5, 5.41) is 12.8. The standard InChI is InChI=1S/C8H11N3O3S/c1-11(3-7(12)13)8(14)9-2-6-4-15-5-10-6/h4-5H,2-3H2,1H3,(H,9,14)(H,12,13). The first-order valence-corrected chi connectivity index (χ1v) is 5.11. The Hall–Kier alpha value is -1.63. The van der Waals surface area contributed by atoms with E-state index in [2.05, 4.69) is 10.3 Å². The summed E-state index contributed by atoms with van der Waals surface area (Å²) in [5.74, 6) is -1.04. The minimum absolute atomic E-state index is 0.312. The molecule has 0 atom stereocenters. The van der Waals surface area contributed by atoms with Crippen molar-refractivity contribution in [2.24, 2.45) is 0 Å². The Morgan fingerprint density at radius 2 is 2.40 bits per heavy atom.